The summed E-state index contributed by atoms with van der Waals surface area (Å²) in [6.45, 7) is 8.11. The molecule has 130 valence electrons. The van der Waals surface area contributed by atoms with Crippen molar-refractivity contribution >= 4 is 21.8 Å². The molecule has 24 heavy (non-hydrogen) atoms. The van der Waals surface area contributed by atoms with Crippen molar-refractivity contribution < 1.29 is 8.42 Å². The Kier molecular flexibility index (Phi) is 6.49. The normalized spacial score (nSPS) is 14.5. The van der Waals surface area contributed by atoms with Crippen LogP contribution < -0.4 is 4.72 Å². The molecule has 0 aliphatic carbocycles. The summed E-state index contributed by atoms with van der Waals surface area (Å²) in [5.74, 6) is 0.191. The van der Waals surface area contributed by atoms with Crippen LogP contribution in [0.4, 0.5) is 0 Å². The quantitative estimate of drug-likeness (QED) is 0.738. The third-order valence-electron chi connectivity index (χ3n) is 3.91. The third-order valence-corrected chi connectivity index (χ3v) is 6.60. The van der Waals surface area contributed by atoms with Gasteiger partial charge < -0.3 is 0 Å². The molecule has 2 aromatic rings. The van der Waals surface area contributed by atoms with Crippen molar-refractivity contribution in [3.05, 3.63) is 60.2 Å². The zero-order valence-corrected chi connectivity index (χ0v) is 16.2. The van der Waals surface area contributed by atoms with E-state index in [1.165, 1.54) is 0 Å². The molecule has 0 saturated heterocycles. The Balaban J connectivity index is 2.16. The Labute approximate surface area is 149 Å². The van der Waals surface area contributed by atoms with Gasteiger partial charge in [0.25, 0.3) is 0 Å². The second-order valence-corrected chi connectivity index (χ2v) is 9.50. The van der Waals surface area contributed by atoms with Crippen molar-refractivity contribution in [2.45, 2.75) is 48.8 Å². The highest BCUT2D eigenvalue weighted by Crippen LogP contribution is 2.28. The van der Waals surface area contributed by atoms with E-state index in [0.29, 0.717) is 4.90 Å². The van der Waals surface area contributed by atoms with Gasteiger partial charge in [-0.2, -0.15) is 0 Å². The maximum absolute atomic E-state index is 12.7. The van der Waals surface area contributed by atoms with Crippen LogP contribution >= 0.6 is 11.8 Å². The van der Waals surface area contributed by atoms with Crippen molar-refractivity contribution in [2.24, 2.45) is 5.92 Å². The lowest BCUT2D eigenvalue weighted by Gasteiger charge is -2.28. The van der Waals surface area contributed by atoms with Crippen LogP contribution in [0, 0.1) is 12.8 Å². The number of hydrogen-bond donors (Lipinski definition) is 1. The lowest BCUT2D eigenvalue weighted by Crippen LogP contribution is -2.44. The van der Waals surface area contributed by atoms with Gasteiger partial charge in [0.05, 0.1) is 4.90 Å². The molecule has 0 saturated carbocycles. The number of hydrogen-bond acceptors (Lipinski definition) is 3. The van der Waals surface area contributed by atoms with E-state index in [0.717, 1.165) is 10.5 Å². The van der Waals surface area contributed by atoms with Crippen molar-refractivity contribution in [2.75, 3.05) is 0 Å². The van der Waals surface area contributed by atoms with Gasteiger partial charge in [-0.15, -0.1) is 11.8 Å². The van der Waals surface area contributed by atoms with Gasteiger partial charge in [-0.3, -0.25) is 0 Å². The van der Waals surface area contributed by atoms with Crippen LogP contribution in [-0.4, -0.2) is 19.7 Å². The van der Waals surface area contributed by atoms with Crippen LogP contribution in [0.2, 0.25) is 0 Å². The first kappa shape index (κ1) is 19.0. The van der Waals surface area contributed by atoms with Gasteiger partial charge in [0.15, 0.2) is 0 Å². The second-order valence-electron chi connectivity index (χ2n) is 6.34. The molecule has 0 aromatic heterocycles. The molecule has 0 aliphatic heterocycles. The largest absolute Gasteiger partial charge is 0.240 e. The van der Waals surface area contributed by atoms with E-state index in [4.69, 9.17) is 0 Å². The zero-order chi connectivity index (χ0) is 17.7. The van der Waals surface area contributed by atoms with E-state index in [2.05, 4.69) is 11.6 Å². The highest BCUT2D eigenvalue weighted by molar-refractivity contribution is 8.00. The smallest absolute Gasteiger partial charge is 0.207 e. The minimum atomic E-state index is -3.52. The molecule has 0 bridgehead atoms. The maximum atomic E-state index is 12.7. The highest BCUT2D eigenvalue weighted by atomic mass is 32.2. The molecule has 0 fully saturated rings. The molecule has 0 radical (unpaired) electrons. The van der Waals surface area contributed by atoms with Crippen molar-refractivity contribution in [3.63, 3.8) is 0 Å². The van der Waals surface area contributed by atoms with Crippen LogP contribution in [0.3, 0.4) is 0 Å². The van der Waals surface area contributed by atoms with Gasteiger partial charge in [0, 0.05) is 16.2 Å². The third kappa shape index (κ3) is 5.10. The summed E-state index contributed by atoms with van der Waals surface area (Å²) < 4.78 is 28.3. The maximum Gasteiger partial charge on any atom is 0.240 e. The fourth-order valence-corrected chi connectivity index (χ4v) is 5.35. The van der Waals surface area contributed by atoms with Crippen LogP contribution in [-0.2, 0) is 10.0 Å². The van der Waals surface area contributed by atoms with Crippen molar-refractivity contribution in [3.8, 4) is 0 Å². The Morgan fingerprint density at radius 2 is 1.50 bits per heavy atom. The minimum Gasteiger partial charge on any atom is -0.207 e. The van der Waals surface area contributed by atoms with Gasteiger partial charge in [-0.05, 0) is 37.1 Å². The molecular formula is C19H25NO2S2. The SMILES string of the molecule is Cc1ccc(S(=O)(=O)N[C@H](C(C)C)[C@@H](C)Sc2ccccc2)cc1. The first-order valence-electron chi connectivity index (χ1n) is 8.10. The molecule has 0 heterocycles. The molecule has 1 N–H and O–H groups in total. The average molecular weight is 364 g/mol. The summed E-state index contributed by atoms with van der Waals surface area (Å²) in [5.41, 5.74) is 1.04. The highest BCUT2D eigenvalue weighted by Gasteiger charge is 2.27. The Hall–Kier alpha value is -1.30. The van der Waals surface area contributed by atoms with Crippen molar-refractivity contribution in [1.82, 2.24) is 4.72 Å². The zero-order valence-electron chi connectivity index (χ0n) is 14.6. The molecule has 0 aliphatic rings. The Morgan fingerprint density at radius 1 is 0.917 bits per heavy atom. The van der Waals surface area contributed by atoms with Gasteiger partial charge >= 0.3 is 0 Å². The first-order chi connectivity index (χ1) is 11.3. The van der Waals surface area contributed by atoms with E-state index in [1.807, 2.05) is 63.2 Å². The molecule has 2 rings (SSSR count). The minimum absolute atomic E-state index is 0.118. The van der Waals surface area contributed by atoms with E-state index >= 15 is 0 Å². The van der Waals surface area contributed by atoms with E-state index in [-0.39, 0.29) is 17.2 Å². The van der Waals surface area contributed by atoms with E-state index < -0.39 is 10.0 Å². The summed E-state index contributed by atoms with van der Waals surface area (Å²) in [6, 6.07) is 16.9. The molecule has 0 spiro atoms. The summed E-state index contributed by atoms with van der Waals surface area (Å²) in [5, 5.41) is 0.118. The fourth-order valence-electron chi connectivity index (χ4n) is 2.53. The predicted molar refractivity (Wildman–Crippen MR) is 102 cm³/mol. The average Bonchev–Trinajstić information content (AvgIpc) is 2.53. The summed E-state index contributed by atoms with van der Waals surface area (Å²) >= 11 is 1.69. The van der Waals surface area contributed by atoms with E-state index in [9.17, 15) is 8.42 Å². The Bertz CT molecular complexity index is 741. The topological polar surface area (TPSA) is 46.2 Å². The molecule has 0 amide bonds. The number of nitrogens with one attached hydrogen (secondary N) is 1. The molecule has 2 atom stereocenters. The van der Waals surface area contributed by atoms with Crippen LogP contribution in [0.1, 0.15) is 26.3 Å². The molecule has 5 heteroatoms. The molecule has 0 unspecified atom stereocenters. The van der Waals surface area contributed by atoms with Crippen molar-refractivity contribution in [1.29, 1.82) is 0 Å². The van der Waals surface area contributed by atoms with Gasteiger partial charge in [-0.1, -0.05) is 56.7 Å². The van der Waals surface area contributed by atoms with Crippen LogP contribution in [0.15, 0.2) is 64.4 Å². The first-order valence-corrected chi connectivity index (χ1v) is 10.5. The molecule has 2 aromatic carbocycles. The monoisotopic (exact) mass is 363 g/mol. The second kappa shape index (κ2) is 8.19. The Morgan fingerprint density at radius 3 is 2.04 bits per heavy atom. The molecular weight excluding hydrogens is 338 g/mol. The number of rotatable bonds is 7. The van der Waals surface area contributed by atoms with Gasteiger partial charge in [0.2, 0.25) is 10.0 Å². The summed E-state index contributed by atoms with van der Waals surface area (Å²) in [6.07, 6.45) is 0. The molecule has 3 nitrogen and oxygen atoms in total. The van der Waals surface area contributed by atoms with Crippen LogP contribution in [0.5, 0.6) is 0 Å². The number of sulfonamides is 1. The summed E-state index contributed by atoms with van der Waals surface area (Å²) in [4.78, 5) is 1.46. The summed E-state index contributed by atoms with van der Waals surface area (Å²) in [7, 11) is -3.52. The van der Waals surface area contributed by atoms with E-state index in [1.54, 1.807) is 23.9 Å². The lowest BCUT2D eigenvalue weighted by atomic mass is 10.0. The standard InChI is InChI=1S/C19H25NO2S2/c1-14(2)19(16(4)23-17-8-6-5-7-9-17)20-24(21,22)18-12-10-15(3)11-13-18/h5-14,16,19-20H,1-4H3/t16-,19-/m1/s1. The number of thioether (sulfide) groups is 1. The number of aryl methyl sites for hydroxylation is 1. The van der Waals surface area contributed by atoms with Gasteiger partial charge in [0.1, 0.15) is 0 Å². The lowest BCUT2D eigenvalue weighted by molar-refractivity contribution is 0.445. The fraction of sp³-hybridized carbons (Fsp3) is 0.368. The predicted octanol–water partition coefficient (Wildman–Crippen LogP) is 4.48. The van der Waals surface area contributed by atoms with Gasteiger partial charge in [-0.25, -0.2) is 13.1 Å². The van der Waals surface area contributed by atoms with Crippen LogP contribution in [0.25, 0.3) is 0 Å². The number of benzene rings is 2.